The number of halogens is 3. The van der Waals surface area contributed by atoms with E-state index >= 15 is 0 Å². The third-order valence-electron chi connectivity index (χ3n) is 3.23. The van der Waals surface area contributed by atoms with E-state index < -0.39 is 0 Å². The Kier molecular flexibility index (Phi) is 6.09. The molecule has 0 aromatic heterocycles. The molecule has 0 aliphatic heterocycles. The van der Waals surface area contributed by atoms with Gasteiger partial charge in [-0.2, -0.15) is 0 Å². The van der Waals surface area contributed by atoms with Crippen molar-refractivity contribution in [2.24, 2.45) is 0 Å². The highest BCUT2D eigenvalue weighted by Crippen LogP contribution is 2.24. The first-order valence-corrected chi connectivity index (χ1v) is 8.49. The highest BCUT2D eigenvalue weighted by Gasteiger charge is 2.09. The molecule has 0 radical (unpaired) electrons. The molecule has 0 aliphatic carbocycles. The molecule has 0 spiro atoms. The fourth-order valence-corrected chi connectivity index (χ4v) is 3.18. The second kappa shape index (κ2) is 7.60. The molecule has 2 rings (SSSR count). The van der Waals surface area contributed by atoms with Crippen molar-refractivity contribution in [1.29, 1.82) is 0 Å². The molecule has 0 heterocycles. The Hall–Kier alpha value is -0.350. The van der Waals surface area contributed by atoms with Crippen LogP contribution >= 0.6 is 43.5 Å². The summed E-state index contributed by atoms with van der Waals surface area (Å²) >= 11 is 13.0. The average molecular weight is 418 g/mol. The fourth-order valence-electron chi connectivity index (χ4n) is 2.09. The van der Waals surface area contributed by atoms with Crippen LogP contribution in [0.25, 0.3) is 0 Å². The summed E-state index contributed by atoms with van der Waals surface area (Å²) in [6, 6.07) is 14.7. The number of rotatable bonds is 5. The summed E-state index contributed by atoms with van der Waals surface area (Å²) in [7, 11) is 0. The Balaban J connectivity index is 2.05. The van der Waals surface area contributed by atoms with Gasteiger partial charge in [-0.05, 0) is 41.8 Å². The maximum Gasteiger partial charge on any atom is 0.0417 e. The summed E-state index contributed by atoms with van der Waals surface area (Å²) in [5.74, 6) is 0. The maximum absolute atomic E-state index is 5.96. The van der Waals surface area contributed by atoms with Crippen LogP contribution in [0.3, 0.4) is 0 Å². The van der Waals surface area contributed by atoms with Crippen molar-refractivity contribution in [3.63, 3.8) is 0 Å². The molecule has 0 fully saturated rings. The van der Waals surface area contributed by atoms with Crippen molar-refractivity contribution < 1.29 is 0 Å². The van der Waals surface area contributed by atoms with Crippen LogP contribution in [-0.2, 0) is 6.54 Å². The van der Waals surface area contributed by atoms with Crippen molar-refractivity contribution in [2.45, 2.75) is 25.9 Å². The van der Waals surface area contributed by atoms with E-state index in [1.54, 1.807) is 0 Å². The summed E-state index contributed by atoms with van der Waals surface area (Å²) in [4.78, 5) is 0. The third kappa shape index (κ3) is 4.32. The largest absolute Gasteiger partial charge is 0.306 e. The lowest BCUT2D eigenvalue weighted by molar-refractivity contribution is 0.518. The molecule has 0 amide bonds. The van der Waals surface area contributed by atoms with Crippen molar-refractivity contribution in [2.75, 3.05) is 0 Å². The van der Waals surface area contributed by atoms with Crippen molar-refractivity contribution in [3.8, 4) is 0 Å². The first-order valence-electron chi connectivity index (χ1n) is 6.53. The first kappa shape index (κ1) is 16.0. The van der Waals surface area contributed by atoms with Gasteiger partial charge >= 0.3 is 0 Å². The Morgan fingerprint density at radius 3 is 2.40 bits per heavy atom. The van der Waals surface area contributed by atoms with Crippen LogP contribution < -0.4 is 5.32 Å². The SMILES string of the molecule is CCC(NCc1ccc(Cl)cc1Br)c1ccc(Br)cc1. The van der Waals surface area contributed by atoms with Crippen LogP contribution in [-0.4, -0.2) is 0 Å². The molecule has 1 unspecified atom stereocenters. The standard InChI is InChI=1S/C16H16Br2ClN/c1-2-16(11-3-6-13(17)7-4-11)20-10-12-5-8-14(19)9-15(12)18/h3-9,16,20H,2,10H2,1H3. The second-order valence-corrected chi connectivity index (χ2v) is 6.84. The lowest BCUT2D eigenvalue weighted by atomic mass is 10.0. The molecule has 2 aromatic carbocycles. The Labute approximate surface area is 142 Å². The third-order valence-corrected chi connectivity index (χ3v) is 4.74. The van der Waals surface area contributed by atoms with Gasteiger partial charge in [0.2, 0.25) is 0 Å². The van der Waals surface area contributed by atoms with Crippen molar-refractivity contribution >= 4 is 43.5 Å². The van der Waals surface area contributed by atoms with E-state index in [1.165, 1.54) is 11.1 Å². The molecule has 4 heteroatoms. The minimum Gasteiger partial charge on any atom is -0.306 e. The predicted octanol–water partition coefficient (Wildman–Crippen LogP) is 6.11. The van der Waals surface area contributed by atoms with Gasteiger partial charge in [-0.1, -0.05) is 68.6 Å². The lowest BCUT2D eigenvalue weighted by Gasteiger charge is -2.18. The average Bonchev–Trinajstić information content (AvgIpc) is 2.43. The van der Waals surface area contributed by atoms with E-state index in [9.17, 15) is 0 Å². The quantitative estimate of drug-likeness (QED) is 0.619. The molecule has 20 heavy (non-hydrogen) atoms. The first-order chi connectivity index (χ1) is 9.60. The zero-order chi connectivity index (χ0) is 14.5. The predicted molar refractivity (Wildman–Crippen MR) is 93.2 cm³/mol. The van der Waals surface area contributed by atoms with Gasteiger partial charge in [-0.25, -0.2) is 0 Å². The van der Waals surface area contributed by atoms with E-state index in [4.69, 9.17) is 11.6 Å². The number of hydrogen-bond acceptors (Lipinski definition) is 1. The molecule has 0 bridgehead atoms. The number of nitrogens with one attached hydrogen (secondary N) is 1. The monoisotopic (exact) mass is 415 g/mol. The molecule has 1 N–H and O–H groups in total. The van der Waals surface area contributed by atoms with Crippen LogP contribution in [0, 0.1) is 0 Å². The molecule has 1 nitrogen and oxygen atoms in total. The summed E-state index contributed by atoms with van der Waals surface area (Å²) in [5, 5.41) is 4.34. The van der Waals surface area contributed by atoms with Gasteiger partial charge in [0.05, 0.1) is 0 Å². The second-order valence-electron chi connectivity index (χ2n) is 4.63. The molecule has 0 saturated carbocycles. The molecule has 0 saturated heterocycles. The van der Waals surface area contributed by atoms with Gasteiger partial charge in [-0.15, -0.1) is 0 Å². The van der Waals surface area contributed by atoms with E-state index in [0.29, 0.717) is 6.04 Å². The lowest BCUT2D eigenvalue weighted by Crippen LogP contribution is -2.20. The smallest absolute Gasteiger partial charge is 0.0417 e. The zero-order valence-corrected chi connectivity index (χ0v) is 15.1. The molecule has 0 aliphatic rings. The summed E-state index contributed by atoms with van der Waals surface area (Å²) in [5.41, 5.74) is 2.52. The topological polar surface area (TPSA) is 12.0 Å². The molecule has 1 atom stereocenters. The summed E-state index contributed by atoms with van der Waals surface area (Å²) in [6.45, 7) is 3.00. The van der Waals surface area contributed by atoms with E-state index in [0.717, 1.165) is 26.9 Å². The Bertz CT molecular complexity index is 569. The highest BCUT2D eigenvalue weighted by atomic mass is 79.9. The zero-order valence-electron chi connectivity index (χ0n) is 11.2. The normalized spacial score (nSPS) is 12.4. The highest BCUT2D eigenvalue weighted by molar-refractivity contribution is 9.10. The van der Waals surface area contributed by atoms with Crippen LogP contribution in [0.4, 0.5) is 0 Å². The molecule has 2 aromatic rings. The van der Waals surface area contributed by atoms with Crippen LogP contribution in [0.2, 0.25) is 5.02 Å². The van der Waals surface area contributed by atoms with E-state index in [2.05, 4.69) is 68.4 Å². The Morgan fingerprint density at radius 1 is 1.10 bits per heavy atom. The van der Waals surface area contributed by atoms with Crippen molar-refractivity contribution in [3.05, 3.63) is 67.6 Å². The molecule has 106 valence electrons. The summed E-state index contributed by atoms with van der Waals surface area (Å²) < 4.78 is 2.15. The van der Waals surface area contributed by atoms with E-state index in [-0.39, 0.29) is 0 Å². The molecular weight excluding hydrogens is 401 g/mol. The van der Waals surface area contributed by atoms with Gasteiger partial charge in [0, 0.05) is 26.6 Å². The summed E-state index contributed by atoms with van der Waals surface area (Å²) in [6.07, 6.45) is 1.05. The number of benzene rings is 2. The maximum atomic E-state index is 5.96. The van der Waals surface area contributed by atoms with Crippen LogP contribution in [0.5, 0.6) is 0 Å². The number of hydrogen-bond donors (Lipinski definition) is 1. The fraction of sp³-hybridized carbons (Fsp3) is 0.250. The van der Waals surface area contributed by atoms with Crippen molar-refractivity contribution in [1.82, 2.24) is 5.32 Å². The van der Waals surface area contributed by atoms with Gasteiger partial charge in [-0.3, -0.25) is 0 Å². The minimum absolute atomic E-state index is 0.352. The minimum atomic E-state index is 0.352. The van der Waals surface area contributed by atoms with Gasteiger partial charge in [0.25, 0.3) is 0 Å². The van der Waals surface area contributed by atoms with Crippen LogP contribution in [0.1, 0.15) is 30.5 Å². The molecular formula is C16H16Br2ClN. The van der Waals surface area contributed by atoms with Gasteiger partial charge in [0.1, 0.15) is 0 Å². The Morgan fingerprint density at radius 2 is 1.80 bits per heavy atom. The van der Waals surface area contributed by atoms with Gasteiger partial charge < -0.3 is 5.32 Å². The van der Waals surface area contributed by atoms with Crippen LogP contribution in [0.15, 0.2) is 51.4 Å². The van der Waals surface area contributed by atoms with Gasteiger partial charge in [0.15, 0.2) is 0 Å². The van der Waals surface area contributed by atoms with E-state index in [1.807, 2.05) is 18.2 Å².